The van der Waals surface area contributed by atoms with Crippen LogP contribution >= 0.6 is 0 Å². The lowest BCUT2D eigenvalue weighted by molar-refractivity contribution is 0.296. The minimum Gasteiger partial charge on any atom is -0.330 e. The number of hydrogen-bond donors (Lipinski definition) is 2. The number of rotatable bonds is 4. The predicted molar refractivity (Wildman–Crippen MR) is 81.0 cm³/mol. The summed E-state index contributed by atoms with van der Waals surface area (Å²) in [4.78, 5) is 0.239. The molecule has 0 bridgehead atoms. The lowest BCUT2D eigenvalue weighted by Gasteiger charge is -2.31. The fraction of sp³-hybridized carbons (Fsp3) is 0.533. The smallest absolute Gasteiger partial charge is 0.241 e. The van der Waals surface area contributed by atoms with Gasteiger partial charge in [-0.05, 0) is 56.0 Å². The normalized spacial score (nSPS) is 22.7. The van der Waals surface area contributed by atoms with Crippen molar-refractivity contribution in [3.8, 4) is 6.07 Å². The summed E-state index contributed by atoms with van der Waals surface area (Å²) in [6.45, 7) is 2.20. The summed E-state index contributed by atoms with van der Waals surface area (Å²) in [5, 5.41) is 8.85. The van der Waals surface area contributed by atoms with E-state index in [-0.39, 0.29) is 16.9 Å². The average molecular weight is 307 g/mol. The first kappa shape index (κ1) is 16.0. The molecule has 0 aromatic heterocycles. The third-order valence-electron chi connectivity index (χ3n) is 4.11. The summed E-state index contributed by atoms with van der Waals surface area (Å²) in [5.74, 6) is 0.201. The highest BCUT2D eigenvalue weighted by Crippen LogP contribution is 2.26. The van der Waals surface area contributed by atoms with Crippen LogP contribution in [0.15, 0.2) is 23.1 Å². The molecule has 1 aromatic rings. The van der Waals surface area contributed by atoms with Crippen molar-refractivity contribution in [2.24, 2.45) is 11.7 Å². The topological polar surface area (TPSA) is 96.0 Å². The van der Waals surface area contributed by atoms with Crippen LogP contribution in [0.2, 0.25) is 0 Å². The van der Waals surface area contributed by atoms with E-state index in [4.69, 9.17) is 11.0 Å². The standard InChI is InChI=1S/C15H21N3O2S/c1-11-8-12(9-16)6-7-15(11)21(19,20)18-14-5-3-2-4-13(14)10-17/h6-8,13-14,18H,2-5,10,17H2,1H3/t13-,14-/m0/s1. The third-order valence-corrected chi connectivity index (χ3v) is 5.76. The first-order chi connectivity index (χ1) is 9.97. The van der Waals surface area contributed by atoms with Gasteiger partial charge in [0.25, 0.3) is 0 Å². The van der Waals surface area contributed by atoms with E-state index in [1.54, 1.807) is 13.0 Å². The lowest BCUT2D eigenvalue weighted by Crippen LogP contribution is -2.44. The first-order valence-electron chi connectivity index (χ1n) is 7.21. The van der Waals surface area contributed by atoms with E-state index in [1.165, 1.54) is 12.1 Å². The molecule has 0 aliphatic heterocycles. The molecule has 0 unspecified atom stereocenters. The van der Waals surface area contributed by atoms with Crippen LogP contribution in [0.3, 0.4) is 0 Å². The minimum atomic E-state index is -3.57. The largest absolute Gasteiger partial charge is 0.330 e. The number of nitriles is 1. The highest BCUT2D eigenvalue weighted by Gasteiger charge is 2.29. The van der Waals surface area contributed by atoms with Gasteiger partial charge in [0.15, 0.2) is 0 Å². The van der Waals surface area contributed by atoms with Gasteiger partial charge in [-0.2, -0.15) is 5.26 Å². The van der Waals surface area contributed by atoms with Crippen molar-refractivity contribution in [1.29, 1.82) is 5.26 Å². The summed E-state index contributed by atoms with van der Waals surface area (Å²) in [6.07, 6.45) is 3.93. The molecule has 1 aliphatic rings. The van der Waals surface area contributed by atoms with Crippen LogP contribution < -0.4 is 10.5 Å². The van der Waals surface area contributed by atoms with Crippen LogP contribution in [0.1, 0.15) is 36.8 Å². The fourth-order valence-electron chi connectivity index (χ4n) is 2.93. The summed E-state index contributed by atoms with van der Waals surface area (Å²) in [5.41, 5.74) is 6.79. The lowest BCUT2D eigenvalue weighted by atomic mass is 9.85. The second kappa shape index (κ2) is 6.56. The van der Waals surface area contributed by atoms with Crippen molar-refractivity contribution in [2.75, 3.05) is 6.54 Å². The molecule has 1 aliphatic carbocycles. The Bertz CT molecular complexity index is 649. The molecule has 0 heterocycles. The number of aryl methyl sites for hydroxylation is 1. The van der Waals surface area contributed by atoms with E-state index < -0.39 is 10.0 Å². The number of hydrogen-bond acceptors (Lipinski definition) is 4. The van der Waals surface area contributed by atoms with Crippen LogP contribution in [0.5, 0.6) is 0 Å². The summed E-state index contributed by atoms with van der Waals surface area (Å²) in [7, 11) is -3.57. The molecule has 6 heteroatoms. The molecule has 0 saturated heterocycles. The zero-order chi connectivity index (χ0) is 15.5. The van der Waals surface area contributed by atoms with E-state index in [0.717, 1.165) is 25.7 Å². The monoisotopic (exact) mass is 307 g/mol. The maximum absolute atomic E-state index is 12.5. The van der Waals surface area contributed by atoms with Gasteiger partial charge in [-0.25, -0.2) is 13.1 Å². The van der Waals surface area contributed by atoms with E-state index >= 15 is 0 Å². The average Bonchev–Trinajstić information content (AvgIpc) is 2.47. The second-order valence-corrected chi connectivity index (χ2v) is 7.28. The highest BCUT2D eigenvalue weighted by molar-refractivity contribution is 7.89. The van der Waals surface area contributed by atoms with Crippen molar-refractivity contribution >= 4 is 10.0 Å². The first-order valence-corrected chi connectivity index (χ1v) is 8.69. The quantitative estimate of drug-likeness (QED) is 0.884. The SMILES string of the molecule is Cc1cc(C#N)ccc1S(=O)(=O)N[C@H]1CCCC[C@H]1CN. The van der Waals surface area contributed by atoms with Crippen LogP contribution in [0.25, 0.3) is 0 Å². The van der Waals surface area contributed by atoms with Gasteiger partial charge in [0.2, 0.25) is 10.0 Å². The van der Waals surface area contributed by atoms with Gasteiger partial charge >= 0.3 is 0 Å². The van der Waals surface area contributed by atoms with Gasteiger partial charge in [-0.3, -0.25) is 0 Å². The van der Waals surface area contributed by atoms with Gasteiger partial charge in [0, 0.05) is 6.04 Å². The number of benzene rings is 1. The van der Waals surface area contributed by atoms with E-state index in [1.807, 2.05) is 6.07 Å². The molecule has 0 spiro atoms. The fourth-order valence-corrected chi connectivity index (χ4v) is 4.49. The molecule has 0 amide bonds. The number of sulfonamides is 1. The molecule has 1 saturated carbocycles. The Morgan fingerprint density at radius 1 is 1.38 bits per heavy atom. The van der Waals surface area contributed by atoms with Crippen LogP contribution in [0.4, 0.5) is 0 Å². The summed E-state index contributed by atoms with van der Waals surface area (Å²) >= 11 is 0. The maximum atomic E-state index is 12.5. The maximum Gasteiger partial charge on any atom is 0.241 e. The molecule has 21 heavy (non-hydrogen) atoms. The van der Waals surface area contributed by atoms with Crippen LogP contribution in [0, 0.1) is 24.2 Å². The van der Waals surface area contributed by atoms with Gasteiger partial charge in [-0.1, -0.05) is 12.8 Å². The zero-order valence-corrected chi connectivity index (χ0v) is 13.0. The zero-order valence-electron chi connectivity index (χ0n) is 12.2. The van der Waals surface area contributed by atoms with Gasteiger partial charge in [-0.15, -0.1) is 0 Å². The van der Waals surface area contributed by atoms with Crippen molar-refractivity contribution in [3.05, 3.63) is 29.3 Å². The van der Waals surface area contributed by atoms with Crippen molar-refractivity contribution in [2.45, 2.75) is 43.5 Å². The van der Waals surface area contributed by atoms with Gasteiger partial charge in [0.05, 0.1) is 16.5 Å². The van der Waals surface area contributed by atoms with E-state index in [2.05, 4.69) is 4.72 Å². The van der Waals surface area contributed by atoms with Crippen LogP contribution in [-0.2, 0) is 10.0 Å². The van der Waals surface area contributed by atoms with Crippen LogP contribution in [-0.4, -0.2) is 21.0 Å². The highest BCUT2D eigenvalue weighted by atomic mass is 32.2. The minimum absolute atomic E-state index is 0.0937. The Hall–Kier alpha value is -1.42. The third kappa shape index (κ3) is 3.62. The number of nitrogens with two attached hydrogens (primary N) is 1. The van der Waals surface area contributed by atoms with Gasteiger partial charge < -0.3 is 5.73 Å². The molecule has 1 fully saturated rings. The second-order valence-electron chi connectivity index (χ2n) is 5.60. The molecule has 1 aromatic carbocycles. The Kier molecular flexibility index (Phi) is 4.99. The molecule has 114 valence electrons. The Labute approximate surface area is 126 Å². The summed E-state index contributed by atoms with van der Waals surface area (Å²) in [6, 6.07) is 6.54. The van der Waals surface area contributed by atoms with Crippen molar-refractivity contribution < 1.29 is 8.42 Å². The Balaban J connectivity index is 2.24. The van der Waals surface area contributed by atoms with E-state index in [9.17, 15) is 8.42 Å². The Morgan fingerprint density at radius 2 is 2.10 bits per heavy atom. The summed E-state index contributed by atoms with van der Waals surface area (Å²) < 4.78 is 27.9. The molecule has 2 rings (SSSR count). The van der Waals surface area contributed by atoms with E-state index in [0.29, 0.717) is 17.7 Å². The molecule has 3 N–H and O–H groups in total. The predicted octanol–water partition coefficient (Wildman–Crippen LogP) is 1.66. The van der Waals surface area contributed by atoms with Gasteiger partial charge in [0.1, 0.15) is 0 Å². The Morgan fingerprint density at radius 3 is 2.71 bits per heavy atom. The molecule has 0 radical (unpaired) electrons. The number of nitrogens with one attached hydrogen (secondary N) is 1. The molecular weight excluding hydrogens is 286 g/mol. The number of nitrogens with zero attached hydrogens (tertiary/aromatic N) is 1. The molecule has 2 atom stereocenters. The van der Waals surface area contributed by atoms with Crippen molar-refractivity contribution in [3.63, 3.8) is 0 Å². The molecule has 5 nitrogen and oxygen atoms in total. The molecular formula is C15H21N3O2S. The van der Waals surface area contributed by atoms with Crippen molar-refractivity contribution in [1.82, 2.24) is 4.72 Å².